The number of carbonyl (C=O) groups is 3. The van der Waals surface area contributed by atoms with Gasteiger partial charge in [0.25, 0.3) is 5.91 Å². The second-order valence-corrected chi connectivity index (χ2v) is 6.73. The maximum Gasteiger partial charge on any atom is 0.326 e. The van der Waals surface area contributed by atoms with E-state index >= 15 is 0 Å². The van der Waals surface area contributed by atoms with Gasteiger partial charge in [0.05, 0.1) is 5.69 Å². The third-order valence-electron chi connectivity index (χ3n) is 4.59. The molecule has 1 amide bonds. The van der Waals surface area contributed by atoms with Gasteiger partial charge in [0.15, 0.2) is 19.0 Å². The first-order valence-corrected chi connectivity index (χ1v) is 8.83. The van der Waals surface area contributed by atoms with E-state index in [2.05, 4.69) is 0 Å². The molecule has 0 fully saturated rings. The normalized spacial score (nSPS) is 14.1. The van der Waals surface area contributed by atoms with Gasteiger partial charge in [-0.2, -0.15) is 0 Å². The Morgan fingerprint density at radius 3 is 2.64 bits per heavy atom. The lowest BCUT2D eigenvalue weighted by atomic mass is 10.1. The second kappa shape index (κ2) is 7.72. The number of anilines is 1. The molecule has 0 saturated heterocycles. The molecule has 7 nitrogen and oxygen atoms in total. The molecule has 1 aliphatic rings. The number of hydrogen-bond donors (Lipinski definition) is 1. The Kier molecular flexibility index (Phi) is 5.35. The van der Waals surface area contributed by atoms with Crippen LogP contribution in [0.25, 0.3) is 0 Å². The van der Waals surface area contributed by atoms with Crippen molar-refractivity contribution in [3.63, 3.8) is 0 Å². The fourth-order valence-electron chi connectivity index (χ4n) is 3.07. The molecule has 0 aromatic heterocycles. The van der Waals surface area contributed by atoms with Gasteiger partial charge in [-0.25, -0.2) is 4.79 Å². The summed E-state index contributed by atoms with van der Waals surface area (Å²) in [5, 5.41) is 9.29. The van der Waals surface area contributed by atoms with Gasteiger partial charge in [-0.05, 0) is 50.6 Å². The van der Waals surface area contributed by atoms with Crippen molar-refractivity contribution >= 4 is 23.3 Å². The van der Waals surface area contributed by atoms with Crippen molar-refractivity contribution in [2.24, 2.45) is 0 Å². The molecule has 1 heterocycles. The van der Waals surface area contributed by atoms with E-state index < -0.39 is 17.9 Å². The highest BCUT2D eigenvalue weighted by Crippen LogP contribution is 2.34. The van der Waals surface area contributed by atoms with Crippen LogP contribution in [0.2, 0.25) is 0 Å². The van der Waals surface area contributed by atoms with Crippen LogP contribution >= 0.6 is 0 Å². The number of ether oxygens (including phenoxy) is 2. The van der Waals surface area contributed by atoms with Crippen LogP contribution in [0.4, 0.5) is 5.69 Å². The quantitative estimate of drug-likeness (QED) is 0.771. The Morgan fingerprint density at radius 1 is 1.21 bits per heavy atom. The van der Waals surface area contributed by atoms with Gasteiger partial charge in [-0.3, -0.25) is 14.5 Å². The van der Waals surface area contributed by atoms with Gasteiger partial charge in [0.1, 0.15) is 17.5 Å². The predicted molar refractivity (Wildman–Crippen MR) is 102 cm³/mol. The van der Waals surface area contributed by atoms with Crippen LogP contribution in [0.1, 0.15) is 28.4 Å². The van der Waals surface area contributed by atoms with E-state index in [1.165, 1.54) is 13.0 Å². The number of carboxylic acid groups (broad SMARTS) is 1. The van der Waals surface area contributed by atoms with Gasteiger partial charge < -0.3 is 14.6 Å². The van der Waals surface area contributed by atoms with E-state index in [0.29, 0.717) is 17.1 Å². The maximum atomic E-state index is 12.6. The smallest absolute Gasteiger partial charge is 0.326 e. The van der Waals surface area contributed by atoms with E-state index in [9.17, 15) is 19.5 Å². The number of nitrogens with zero attached hydrogens (tertiary/aromatic N) is 1. The molecular weight excluding hydrogens is 362 g/mol. The van der Waals surface area contributed by atoms with Crippen molar-refractivity contribution in [2.45, 2.75) is 26.8 Å². The number of benzene rings is 2. The topological polar surface area (TPSA) is 93.1 Å². The highest BCUT2D eigenvalue weighted by molar-refractivity contribution is 6.05. The van der Waals surface area contributed by atoms with E-state index in [4.69, 9.17) is 9.47 Å². The van der Waals surface area contributed by atoms with Crippen LogP contribution in [0.15, 0.2) is 36.4 Å². The molecule has 0 spiro atoms. The minimum Gasteiger partial charge on any atom is -0.485 e. The number of carbonyl (C=O) groups excluding carboxylic acids is 2. The number of amides is 1. The Morgan fingerprint density at radius 2 is 1.96 bits per heavy atom. The van der Waals surface area contributed by atoms with Gasteiger partial charge in [-0.1, -0.05) is 17.7 Å². The Balaban J connectivity index is 1.82. The second-order valence-electron chi connectivity index (χ2n) is 6.73. The van der Waals surface area contributed by atoms with Crippen molar-refractivity contribution in [1.82, 2.24) is 0 Å². The number of carboxylic acids is 1. The molecule has 0 aliphatic carbocycles. The fraction of sp³-hybridized carbons (Fsp3) is 0.286. The van der Waals surface area contributed by atoms with Crippen molar-refractivity contribution in [2.75, 3.05) is 18.1 Å². The first-order valence-electron chi connectivity index (χ1n) is 8.83. The zero-order valence-corrected chi connectivity index (χ0v) is 15.9. The van der Waals surface area contributed by atoms with Gasteiger partial charge in [0, 0.05) is 5.56 Å². The van der Waals surface area contributed by atoms with E-state index in [-0.39, 0.29) is 24.7 Å². The van der Waals surface area contributed by atoms with Crippen molar-refractivity contribution in [1.29, 1.82) is 0 Å². The average Bonchev–Trinajstić information content (AvgIpc) is 2.66. The molecule has 2 aromatic rings. The zero-order chi connectivity index (χ0) is 20.4. The van der Waals surface area contributed by atoms with Gasteiger partial charge in [0.2, 0.25) is 0 Å². The lowest BCUT2D eigenvalue weighted by Gasteiger charge is -2.32. The monoisotopic (exact) mass is 383 g/mol. The molecule has 1 aliphatic heterocycles. The fourth-order valence-corrected chi connectivity index (χ4v) is 3.07. The summed E-state index contributed by atoms with van der Waals surface area (Å²) in [6.45, 7) is 4.87. The summed E-state index contributed by atoms with van der Waals surface area (Å²) in [6, 6.07) is 9.21. The van der Waals surface area contributed by atoms with Gasteiger partial charge in [-0.15, -0.1) is 0 Å². The number of aliphatic carboxylic acids is 1. The number of Topliss-reactive ketones (excluding diaryl/α,β-unsaturated/α-hetero) is 1. The third-order valence-corrected chi connectivity index (χ3v) is 4.59. The minimum absolute atomic E-state index is 0.175. The summed E-state index contributed by atoms with van der Waals surface area (Å²) in [4.78, 5) is 37.3. The zero-order valence-electron chi connectivity index (χ0n) is 15.9. The van der Waals surface area contributed by atoms with Crippen LogP contribution in [-0.2, 0) is 9.59 Å². The van der Waals surface area contributed by atoms with Crippen LogP contribution in [0.3, 0.4) is 0 Å². The molecule has 7 heteroatoms. The lowest BCUT2D eigenvalue weighted by molar-refractivity contribution is -0.140. The molecule has 28 heavy (non-hydrogen) atoms. The van der Waals surface area contributed by atoms with Crippen LogP contribution in [0, 0.1) is 13.8 Å². The molecule has 3 rings (SSSR count). The highest BCUT2D eigenvalue weighted by atomic mass is 16.5. The first kappa shape index (κ1) is 19.4. The van der Waals surface area contributed by atoms with E-state index in [1.807, 2.05) is 32.0 Å². The Labute approximate surface area is 162 Å². The number of ketones is 1. The third kappa shape index (κ3) is 3.83. The van der Waals surface area contributed by atoms with Crippen LogP contribution in [-0.4, -0.2) is 42.0 Å². The van der Waals surface area contributed by atoms with Crippen molar-refractivity contribution < 1.29 is 29.0 Å². The molecule has 1 unspecified atom stereocenters. The van der Waals surface area contributed by atoms with Crippen LogP contribution < -0.4 is 14.4 Å². The van der Waals surface area contributed by atoms with Crippen LogP contribution in [0.5, 0.6) is 11.5 Å². The lowest BCUT2D eigenvalue weighted by Crippen LogP contribution is -2.48. The standard InChI is InChI=1S/C21H21NO6/c1-12-4-6-18(13(2)8-12)27-10-17(23)15-5-7-19-16(9-15)22(14(3)21(25)26)20(24)11-28-19/h4-9,14H,10-11H2,1-3H3,(H,25,26). The van der Waals surface area contributed by atoms with Gasteiger partial charge >= 0.3 is 5.97 Å². The Bertz CT molecular complexity index is 952. The Hall–Kier alpha value is -3.35. The largest absolute Gasteiger partial charge is 0.485 e. The molecule has 2 aromatic carbocycles. The summed E-state index contributed by atoms with van der Waals surface area (Å²) in [7, 11) is 0. The summed E-state index contributed by atoms with van der Waals surface area (Å²) >= 11 is 0. The summed E-state index contributed by atoms with van der Waals surface area (Å²) in [6.07, 6.45) is 0. The first-order chi connectivity index (χ1) is 13.3. The molecule has 0 bridgehead atoms. The molecule has 146 valence electrons. The van der Waals surface area contributed by atoms with Crippen molar-refractivity contribution in [3.05, 3.63) is 53.1 Å². The summed E-state index contributed by atoms with van der Waals surface area (Å²) < 4.78 is 11.0. The maximum absolute atomic E-state index is 12.6. The molecule has 0 radical (unpaired) electrons. The number of aryl methyl sites for hydroxylation is 2. The SMILES string of the molecule is Cc1ccc(OCC(=O)c2ccc3c(c2)N(C(C)C(=O)O)C(=O)CO3)c(C)c1. The number of hydrogen-bond acceptors (Lipinski definition) is 5. The average molecular weight is 383 g/mol. The molecule has 1 N–H and O–H groups in total. The minimum atomic E-state index is -1.14. The van der Waals surface area contributed by atoms with E-state index in [1.54, 1.807) is 12.1 Å². The molecule has 0 saturated carbocycles. The molecule has 1 atom stereocenters. The number of rotatable bonds is 6. The highest BCUT2D eigenvalue weighted by Gasteiger charge is 2.33. The summed E-state index contributed by atoms with van der Waals surface area (Å²) in [5.41, 5.74) is 2.61. The van der Waals surface area contributed by atoms with E-state index in [0.717, 1.165) is 16.0 Å². The number of fused-ring (bicyclic) bond motifs is 1. The predicted octanol–water partition coefficient (Wildman–Crippen LogP) is 2.76. The summed E-state index contributed by atoms with van der Waals surface area (Å²) in [5.74, 6) is -0.922. The molecular formula is C21H21NO6. The van der Waals surface area contributed by atoms with Crippen molar-refractivity contribution in [3.8, 4) is 11.5 Å².